The molecule has 0 radical (unpaired) electrons. The fraction of sp³-hybridized carbons (Fsp3) is 0.727. The minimum absolute atomic E-state index is 0.155. The van der Waals surface area contributed by atoms with E-state index in [4.69, 9.17) is 21.4 Å². The highest BCUT2D eigenvalue weighted by molar-refractivity contribution is 6.02. The molecule has 3 aliphatic heterocycles. The standard InChI is InChI=1S/C11H18N6O4/c12-9-4-1-14-3-17(13)11(4)16-10(15-9)8-7(20)6(19)5(2-18)21-8/h3-8,11,18-20H,1-2,13H2,(H2,12,15,16)/t4?,5-,6-,7-,8-,11?/m1/s1. The molecule has 1 fully saturated rings. The van der Waals surface area contributed by atoms with Gasteiger partial charge in [0.1, 0.15) is 42.8 Å². The lowest BCUT2D eigenvalue weighted by atomic mass is 10.0. The van der Waals surface area contributed by atoms with Gasteiger partial charge in [-0.15, -0.1) is 0 Å². The Balaban J connectivity index is 1.87. The molecule has 6 atom stereocenters. The number of rotatable bonds is 2. The zero-order valence-electron chi connectivity index (χ0n) is 11.1. The number of aliphatic hydroxyl groups is 3. The van der Waals surface area contributed by atoms with Crippen LogP contribution in [0.4, 0.5) is 0 Å². The van der Waals surface area contributed by atoms with Crippen molar-refractivity contribution in [3.05, 3.63) is 0 Å². The van der Waals surface area contributed by atoms with Crippen LogP contribution < -0.4 is 11.6 Å². The number of aliphatic hydroxyl groups excluding tert-OH is 3. The third-order valence-electron chi connectivity index (χ3n) is 3.87. The van der Waals surface area contributed by atoms with Crippen molar-refractivity contribution in [1.82, 2.24) is 5.01 Å². The van der Waals surface area contributed by atoms with E-state index >= 15 is 0 Å². The molecule has 2 unspecified atom stereocenters. The number of nitrogens with zero attached hydrogens (tertiary/aromatic N) is 4. The lowest BCUT2D eigenvalue weighted by Gasteiger charge is -2.35. The van der Waals surface area contributed by atoms with E-state index in [1.54, 1.807) is 0 Å². The molecule has 1 saturated heterocycles. The second-order valence-electron chi connectivity index (χ2n) is 5.23. The molecule has 0 bridgehead atoms. The van der Waals surface area contributed by atoms with E-state index in [9.17, 15) is 10.2 Å². The SMILES string of the molecule is NC1=NC([C@@H]2O[C@H](CO)[C@@H](O)[C@H]2O)=NC2C1CN=CN2N. The highest BCUT2D eigenvalue weighted by Crippen LogP contribution is 2.26. The highest BCUT2D eigenvalue weighted by Gasteiger charge is 2.47. The lowest BCUT2D eigenvalue weighted by molar-refractivity contribution is -0.0102. The maximum atomic E-state index is 10.0. The first kappa shape index (κ1) is 14.4. The number of nitrogens with two attached hydrogens (primary N) is 2. The second-order valence-corrected chi connectivity index (χ2v) is 5.23. The monoisotopic (exact) mass is 298 g/mol. The molecule has 3 aliphatic rings. The molecule has 0 aromatic rings. The molecule has 116 valence electrons. The first-order chi connectivity index (χ1) is 10.0. The van der Waals surface area contributed by atoms with Gasteiger partial charge in [0.25, 0.3) is 0 Å². The number of aliphatic imine (C=N–C) groups is 3. The van der Waals surface area contributed by atoms with Crippen LogP contribution in [0.5, 0.6) is 0 Å². The van der Waals surface area contributed by atoms with Gasteiger partial charge in [-0.1, -0.05) is 0 Å². The summed E-state index contributed by atoms with van der Waals surface area (Å²) in [5, 5.41) is 30.2. The Hall–Kier alpha value is -1.59. The molecule has 21 heavy (non-hydrogen) atoms. The first-order valence-electron chi connectivity index (χ1n) is 6.60. The quantitative estimate of drug-likeness (QED) is 0.329. The predicted octanol–water partition coefficient (Wildman–Crippen LogP) is -3.60. The van der Waals surface area contributed by atoms with E-state index in [0.717, 1.165) is 0 Å². The van der Waals surface area contributed by atoms with Crippen LogP contribution in [0.15, 0.2) is 15.0 Å². The van der Waals surface area contributed by atoms with Gasteiger partial charge in [-0.3, -0.25) is 10.0 Å². The Morgan fingerprint density at radius 1 is 1.38 bits per heavy atom. The summed E-state index contributed by atoms with van der Waals surface area (Å²) < 4.78 is 5.40. The lowest BCUT2D eigenvalue weighted by Crippen LogP contribution is -2.54. The summed E-state index contributed by atoms with van der Waals surface area (Å²) in [5.41, 5.74) is 5.92. The number of ether oxygens (including phenoxy) is 1. The molecular formula is C11H18N6O4. The van der Waals surface area contributed by atoms with Crippen LogP contribution in [-0.2, 0) is 4.74 Å². The number of fused-ring (bicyclic) bond motifs is 1. The Bertz CT molecular complexity index is 509. The van der Waals surface area contributed by atoms with Crippen LogP contribution >= 0.6 is 0 Å². The molecule has 0 amide bonds. The van der Waals surface area contributed by atoms with Gasteiger partial charge in [0.15, 0.2) is 5.84 Å². The number of hydrogen-bond donors (Lipinski definition) is 5. The molecule has 0 aliphatic carbocycles. The van der Waals surface area contributed by atoms with Gasteiger partial charge in [-0.25, -0.2) is 15.8 Å². The normalized spacial score (nSPS) is 42.6. The molecule has 10 heteroatoms. The van der Waals surface area contributed by atoms with Crippen LogP contribution in [0.3, 0.4) is 0 Å². The Kier molecular flexibility index (Phi) is 3.63. The summed E-state index contributed by atoms with van der Waals surface area (Å²) in [6.45, 7) is 0.0172. The van der Waals surface area contributed by atoms with E-state index < -0.39 is 37.2 Å². The van der Waals surface area contributed by atoms with E-state index in [1.807, 2.05) is 0 Å². The molecule has 0 aromatic carbocycles. The average molecular weight is 298 g/mol. The summed E-state index contributed by atoms with van der Waals surface area (Å²) in [4.78, 5) is 12.6. The number of hydrogen-bond acceptors (Lipinski definition) is 10. The van der Waals surface area contributed by atoms with Crippen molar-refractivity contribution >= 4 is 18.0 Å². The van der Waals surface area contributed by atoms with Crippen molar-refractivity contribution in [2.24, 2.45) is 32.5 Å². The average Bonchev–Trinajstić information content (AvgIpc) is 2.76. The van der Waals surface area contributed by atoms with Crippen LogP contribution in [0, 0.1) is 5.92 Å². The van der Waals surface area contributed by atoms with Gasteiger partial charge in [0.05, 0.1) is 19.1 Å². The second kappa shape index (κ2) is 5.31. The number of amidine groups is 2. The van der Waals surface area contributed by atoms with E-state index in [0.29, 0.717) is 12.4 Å². The zero-order chi connectivity index (χ0) is 15.1. The van der Waals surface area contributed by atoms with E-state index in [2.05, 4.69) is 15.0 Å². The van der Waals surface area contributed by atoms with Gasteiger partial charge in [0.2, 0.25) is 0 Å². The van der Waals surface area contributed by atoms with Crippen molar-refractivity contribution in [1.29, 1.82) is 0 Å². The van der Waals surface area contributed by atoms with Crippen molar-refractivity contribution in [2.45, 2.75) is 30.6 Å². The van der Waals surface area contributed by atoms with Crippen molar-refractivity contribution in [3.63, 3.8) is 0 Å². The summed E-state index contributed by atoms with van der Waals surface area (Å²) in [6.07, 6.45) is -3.31. The zero-order valence-corrected chi connectivity index (χ0v) is 11.1. The third kappa shape index (κ3) is 2.30. The largest absolute Gasteiger partial charge is 0.394 e. The highest BCUT2D eigenvalue weighted by atomic mass is 16.6. The summed E-state index contributed by atoms with van der Waals surface area (Å²) >= 11 is 0. The summed E-state index contributed by atoms with van der Waals surface area (Å²) in [7, 11) is 0. The third-order valence-corrected chi connectivity index (χ3v) is 3.87. The van der Waals surface area contributed by atoms with Crippen LogP contribution in [0.25, 0.3) is 0 Å². The minimum atomic E-state index is -1.24. The van der Waals surface area contributed by atoms with E-state index in [1.165, 1.54) is 11.3 Å². The fourth-order valence-electron chi connectivity index (χ4n) is 2.66. The topological polar surface area (TPSA) is 162 Å². The molecule has 3 heterocycles. The summed E-state index contributed by atoms with van der Waals surface area (Å²) in [5.74, 6) is 6.02. The number of hydrazine groups is 1. The Morgan fingerprint density at radius 3 is 2.81 bits per heavy atom. The first-order valence-corrected chi connectivity index (χ1v) is 6.60. The maximum absolute atomic E-state index is 10.0. The summed E-state index contributed by atoms with van der Waals surface area (Å²) in [6, 6.07) is 0. The van der Waals surface area contributed by atoms with Crippen molar-refractivity contribution < 1.29 is 20.1 Å². The predicted molar refractivity (Wildman–Crippen MR) is 73.5 cm³/mol. The van der Waals surface area contributed by atoms with Crippen molar-refractivity contribution in [3.8, 4) is 0 Å². The van der Waals surface area contributed by atoms with Crippen LogP contribution in [0.2, 0.25) is 0 Å². The minimum Gasteiger partial charge on any atom is -0.394 e. The van der Waals surface area contributed by atoms with E-state index in [-0.39, 0.29) is 11.8 Å². The van der Waals surface area contributed by atoms with Gasteiger partial charge >= 0.3 is 0 Å². The van der Waals surface area contributed by atoms with Crippen LogP contribution in [0.1, 0.15) is 0 Å². The van der Waals surface area contributed by atoms with Gasteiger partial charge in [-0.05, 0) is 0 Å². The molecule has 7 N–H and O–H groups in total. The van der Waals surface area contributed by atoms with Crippen molar-refractivity contribution in [2.75, 3.05) is 13.2 Å². The van der Waals surface area contributed by atoms with Gasteiger partial charge < -0.3 is 25.8 Å². The Morgan fingerprint density at radius 2 is 2.14 bits per heavy atom. The molecule has 0 aromatic heterocycles. The molecular weight excluding hydrogens is 280 g/mol. The molecule has 0 spiro atoms. The Labute approximate surface area is 120 Å². The molecule has 10 nitrogen and oxygen atoms in total. The fourth-order valence-corrected chi connectivity index (χ4v) is 2.66. The van der Waals surface area contributed by atoms with Gasteiger partial charge in [-0.2, -0.15) is 0 Å². The van der Waals surface area contributed by atoms with Crippen LogP contribution in [-0.4, -0.2) is 82.1 Å². The smallest absolute Gasteiger partial charge is 0.159 e. The molecule has 3 rings (SSSR count). The van der Waals surface area contributed by atoms with Gasteiger partial charge in [0, 0.05) is 0 Å². The molecule has 0 saturated carbocycles. The maximum Gasteiger partial charge on any atom is 0.159 e.